The fourth-order valence-electron chi connectivity index (χ4n) is 4.75. The van der Waals surface area contributed by atoms with Crippen LogP contribution in [0.25, 0.3) is 0 Å². The molecule has 1 fully saturated rings. The number of benzene rings is 3. The lowest BCUT2D eigenvalue weighted by molar-refractivity contribution is -0.119. The van der Waals surface area contributed by atoms with E-state index in [4.69, 9.17) is 32.7 Å². The lowest BCUT2D eigenvalue weighted by Crippen LogP contribution is -2.45. The Morgan fingerprint density at radius 3 is 2.61 bits per heavy atom. The van der Waals surface area contributed by atoms with Gasteiger partial charge in [0.05, 0.1) is 31.6 Å². The predicted octanol–water partition coefficient (Wildman–Crippen LogP) is 4.98. The van der Waals surface area contributed by atoms with E-state index >= 15 is 0 Å². The van der Waals surface area contributed by atoms with Crippen LogP contribution in [0.2, 0.25) is 10.0 Å². The topological polar surface area (TPSA) is 79.9 Å². The van der Waals surface area contributed by atoms with Gasteiger partial charge in [0.25, 0.3) is 11.8 Å². The van der Waals surface area contributed by atoms with Crippen molar-refractivity contribution in [2.24, 2.45) is 0 Å². The Kier molecular flexibility index (Phi) is 6.79. The Hall–Kier alpha value is -3.26. The van der Waals surface area contributed by atoms with E-state index < -0.39 is 5.54 Å². The van der Waals surface area contributed by atoms with Gasteiger partial charge < -0.3 is 25.0 Å². The number of hydrogen-bond acceptors (Lipinski definition) is 5. The van der Waals surface area contributed by atoms with Gasteiger partial charge in [0.1, 0.15) is 11.3 Å². The molecular formula is C27H25Cl2N3O4. The quantitative estimate of drug-likeness (QED) is 0.474. The zero-order valence-electron chi connectivity index (χ0n) is 19.6. The van der Waals surface area contributed by atoms with Crippen LogP contribution in [0.4, 0.5) is 11.4 Å². The zero-order chi connectivity index (χ0) is 25.3. The predicted molar refractivity (Wildman–Crippen MR) is 140 cm³/mol. The molecule has 1 atom stereocenters. The summed E-state index contributed by atoms with van der Waals surface area (Å²) in [7, 11) is 1.56. The van der Waals surface area contributed by atoms with Crippen LogP contribution in [0.1, 0.15) is 21.5 Å². The highest BCUT2D eigenvalue weighted by Crippen LogP contribution is 2.43. The number of rotatable bonds is 6. The van der Waals surface area contributed by atoms with E-state index in [-0.39, 0.29) is 18.2 Å². The van der Waals surface area contributed by atoms with Gasteiger partial charge in [0.15, 0.2) is 0 Å². The number of halogens is 2. The summed E-state index contributed by atoms with van der Waals surface area (Å²) in [5, 5.41) is 7.50. The summed E-state index contributed by atoms with van der Waals surface area (Å²) < 4.78 is 10.9. The van der Waals surface area contributed by atoms with Crippen LogP contribution in [0.15, 0.2) is 60.7 Å². The fourth-order valence-corrected chi connectivity index (χ4v) is 5.13. The molecule has 2 aliphatic heterocycles. The molecule has 0 radical (unpaired) electrons. The van der Waals surface area contributed by atoms with Crippen LogP contribution in [-0.2, 0) is 21.5 Å². The maximum Gasteiger partial charge on any atom is 0.256 e. The first kappa shape index (κ1) is 24.4. The highest BCUT2D eigenvalue weighted by molar-refractivity contribution is 6.31. The first-order chi connectivity index (χ1) is 17.4. The third kappa shape index (κ3) is 4.62. The molecule has 3 aromatic carbocycles. The molecule has 0 saturated carbocycles. The van der Waals surface area contributed by atoms with Crippen molar-refractivity contribution in [1.82, 2.24) is 4.90 Å². The maximum absolute atomic E-state index is 13.7. The van der Waals surface area contributed by atoms with E-state index in [0.717, 1.165) is 11.1 Å². The van der Waals surface area contributed by atoms with Crippen molar-refractivity contribution in [3.8, 4) is 5.75 Å². The summed E-state index contributed by atoms with van der Waals surface area (Å²) in [5.74, 6) is 0.159. The molecule has 1 saturated heterocycles. The largest absolute Gasteiger partial charge is 0.497 e. The van der Waals surface area contributed by atoms with Crippen LogP contribution in [0, 0.1) is 0 Å². The lowest BCUT2D eigenvalue weighted by atomic mass is 9.84. The van der Waals surface area contributed by atoms with Gasteiger partial charge in [-0.15, -0.1) is 0 Å². The highest BCUT2D eigenvalue weighted by Gasteiger charge is 2.47. The number of hydrogen-bond donors (Lipinski definition) is 2. The summed E-state index contributed by atoms with van der Waals surface area (Å²) >= 11 is 12.5. The van der Waals surface area contributed by atoms with Gasteiger partial charge in [-0.1, -0.05) is 41.4 Å². The van der Waals surface area contributed by atoms with Gasteiger partial charge in [-0.2, -0.15) is 0 Å². The number of carbonyl (C=O) groups excluding carboxylic acids is 2. The van der Waals surface area contributed by atoms with Gasteiger partial charge in [0.2, 0.25) is 0 Å². The molecule has 0 bridgehead atoms. The summed E-state index contributed by atoms with van der Waals surface area (Å²) in [5.41, 5.74) is 1.91. The van der Waals surface area contributed by atoms with Crippen LogP contribution in [0.5, 0.6) is 5.75 Å². The van der Waals surface area contributed by atoms with Crippen LogP contribution >= 0.6 is 23.2 Å². The van der Waals surface area contributed by atoms with E-state index in [1.807, 2.05) is 24.3 Å². The van der Waals surface area contributed by atoms with E-state index in [0.29, 0.717) is 59.0 Å². The number of fused-ring (bicyclic) bond motifs is 1. The molecule has 2 heterocycles. The first-order valence-corrected chi connectivity index (χ1v) is 12.3. The number of nitrogens with one attached hydrogen (secondary N) is 2. The molecule has 0 aromatic heterocycles. The van der Waals surface area contributed by atoms with Gasteiger partial charge in [-0.3, -0.25) is 9.59 Å². The highest BCUT2D eigenvalue weighted by atomic mass is 35.5. The smallest absolute Gasteiger partial charge is 0.256 e. The Morgan fingerprint density at radius 2 is 1.86 bits per heavy atom. The molecule has 0 aliphatic carbocycles. The molecular weight excluding hydrogens is 501 g/mol. The minimum Gasteiger partial charge on any atom is -0.497 e. The van der Waals surface area contributed by atoms with Crippen LogP contribution < -0.4 is 15.4 Å². The maximum atomic E-state index is 13.7. The van der Waals surface area contributed by atoms with Crippen molar-refractivity contribution in [3.05, 3.63) is 87.4 Å². The number of nitrogens with zero attached hydrogens (tertiary/aromatic N) is 1. The second-order valence-corrected chi connectivity index (χ2v) is 9.67. The van der Waals surface area contributed by atoms with Crippen molar-refractivity contribution in [1.29, 1.82) is 0 Å². The van der Waals surface area contributed by atoms with Crippen LogP contribution in [-0.4, -0.2) is 50.1 Å². The van der Waals surface area contributed by atoms with Crippen molar-refractivity contribution < 1.29 is 19.1 Å². The third-order valence-electron chi connectivity index (χ3n) is 6.54. The molecule has 0 spiro atoms. The number of ether oxygens (including phenoxy) is 2. The normalized spacial score (nSPS) is 19.0. The van der Waals surface area contributed by atoms with E-state index in [2.05, 4.69) is 10.6 Å². The molecule has 1 unspecified atom stereocenters. The molecule has 5 rings (SSSR count). The van der Waals surface area contributed by atoms with Crippen LogP contribution in [0.3, 0.4) is 0 Å². The molecule has 7 nitrogen and oxygen atoms in total. The summed E-state index contributed by atoms with van der Waals surface area (Å²) in [6, 6.07) is 17.9. The second kappa shape index (κ2) is 10.0. The summed E-state index contributed by atoms with van der Waals surface area (Å²) in [6.45, 7) is 1.97. The lowest BCUT2D eigenvalue weighted by Gasteiger charge is -2.33. The average Bonchev–Trinajstić information content (AvgIpc) is 3.13. The monoisotopic (exact) mass is 525 g/mol. The Bertz CT molecular complexity index is 1330. The number of carbonyl (C=O) groups is 2. The van der Waals surface area contributed by atoms with E-state index in [1.165, 1.54) is 0 Å². The Morgan fingerprint density at radius 1 is 1.08 bits per heavy atom. The molecule has 36 heavy (non-hydrogen) atoms. The Labute approximate surface area is 219 Å². The van der Waals surface area contributed by atoms with Crippen molar-refractivity contribution in [3.63, 3.8) is 0 Å². The van der Waals surface area contributed by atoms with Gasteiger partial charge in [-0.05, 0) is 42.0 Å². The number of methoxy groups -OCH3 is 1. The number of amides is 2. The van der Waals surface area contributed by atoms with E-state index in [1.54, 1.807) is 48.4 Å². The number of morpholine rings is 1. The van der Waals surface area contributed by atoms with E-state index in [9.17, 15) is 9.59 Å². The van der Waals surface area contributed by atoms with Gasteiger partial charge in [0, 0.05) is 46.9 Å². The SMILES string of the molecule is COc1ccc(C(=O)N2CCOCC2)c(NC2(Cc3cccc(Cl)c3)C(=O)Nc3cc(Cl)ccc32)c1. The van der Waals surface area contributed by atoms with Gasteiger partial charge >= 0.3 is 0 Å². The molecule has 2 aliphatic rings. The summed E-state index contributed by atoms with van der Waals surface area (Å²) in [6.07, 6.45) is 0.288. The van der Waals surface area contributed by atoms with Crippen molar-refractivity contribution >= 4 is 46.4 Å². The molecule has 3 aromatic rings. The standard InChI is InChI=1S/C27H25Cl2N3O4/c1-35-20-6-7-21(25(33)32-9-11-36-12-10-32)23(15-20)31-27(16-17-3-2-4-18(28)13-17)22-8-5-19(29)14-24(22)30-26(27)34/h2-8,13-15,31H,9-12,16H2,1H3,(H,30,34). The van der Waals surface area contributed by atoms with Crippen molar-refractivity contribution in [2.75, 3.05) is 44.0 Å². The Balaban J connectivity index is 1.62. The first-order valence-electron chi connectivity index (χ1n) is 11.6. The molecule has 186 valence electrons. The summed E-state index contributed by atoms with van der Waals surface area (Å²) in [4.78, 5) is 29.0. The zero-order valence-corrected chi connectivity index (χ0v) is 21.2. The number of anilines is 2. The minimum absolute atomic E-state index is 0.143. The third-order valence-corrected chi connectivity index (χ3v) is 7.01. The fraction of sp³-hybridized carbons (Fsp3) is 0.259. The molecule has 2 amide bonds. The molecule has 9 heteroatoms. The van der Waals surface area contributed by atoms with Gasteiger partial charge in [-0.25, -0.2) is 0 Å². The van der Waals surface area contributed by atoms with Crippen molar-refractivity contribution in [2.45, 2.75) is 12.0 Å². The second-order valence-electron chi connectivity index (χ2n) is 8.80. The minimum atomic E-state index is -1.23. The molecule has 2 N–H and O–H groups in total. The average molecular weight is 526 g/mol.